The van der Waals surface area contributed by atoms with Gasteiger partial charge < -0.3 is 9.84 Å². The van der Waals surface area contributed by atoms with E-state index in [4.69, 9.17) is 9.78 Å². The number of nitrogens with zero attached hydrogens (tertiary/aromatic N) is 3. The second-order valence-corrected chi connectivity index (χ2v) is 4.85. The average Bonchev–Trinajstić information content (AvgIpc) is 3.16. The van der Waals surface area contributed by atoms with Gasteiger partial charge in [0.05, 0.1) is 18.2 Å². The lowest BCUT2D eigenvalue weighted by Crippen LogP contribution is -1.99. The van der Waals surface area contributed by atoms with E-state index in [2.05, 4.69) is 21.5 Å². The van der Waals surface area contributed by atoms with E-state index in [0.717, 1.165) is 11.3 Å². The normalized spacial score (nSPS) is 10.2. The van der Waals surface area contributed by atoms with Crippen molar-refractivity contribution >= 4 is 17.0 Å². The number of hydrogen-bond donors (Lipinski definition) is 1. The molecule has 0 unspecified atom stereocenters. The van der Waals surface area contributed by atoms with Crippen molar-refractivity contribution in [1.29, 1.82) is 5.26 Å². The second-order valence-electron chi connectivity index (χ2n) is 4.07. The van der Waals surface area contributed by atoms with Crippen LogP contribution in [-0.4, -0.2) is 10.1 Å². The van der Waals surface area contributed by atoms with Crippen molar-refractivity contribution in [3.8, 4) is 17.5 Å². The summed E-state index contributed by atoms with van der Waals surface area (Å²) in [5.41, 5.74) is 2.50. The summed E-state index contributed by atoms with van der Waals surface area (Å²) in [6.45, 7) is 0.447. The van der Waals surface area contributed by atoms with E-state index >= 15 is 0 Å². The van der Waals surface area contributed by atoms with Crippen molar-refractivity contribution in [3.05, 3.63) is 52.5 Å². The summed E-state index contributed by atoms with van der Waals surface area (Å²) in [5.74, 6) is 1.12. The molecule has 0 saturated heterocycles. The largest absolute Gasteiger partial charge is 0.376 e. The van der Waals surface area contributed by atoms with Crippen LogP contribution in [0.2, 0.25) is 0 Å². The molecule has 2 aromatic heterocycles. The van der Waals surface area contributed by atoms with Crippen LogP contribution in [0.4, 0.5) is 5.69 Å². The molecule has 5 nitrogen and oxygen atoms in total. The van der Waals surface area contributed by atoms with E-state index in [1.54, 1.807) is 23.5 Å². The summed E-state index contributed by atoms with van der Waals surface area (Å²) >= 11 is 1.59. The van der Waals surface area contributed by atoms with E-state index in [1.807, 2.05) is 29.0 Å². The molecule has 0 atom stereocenters. The summed E-state index contributed by atoms with van der Waals surface area (Å²) in [6.07, 6.45) is 0. The third-order valence-corrected chi connectivity index (χ3v) is 3.39. The molecule has 0 amide bonds. The number of rotatable bonds is 4. The van der Waals surface area contributed by atoms with Gasteiger partial charge in [0, 0.05) is 16.6 Å². The van der Waals surface area contributed by atoms with Gasteiger partial charge in [0.1, 0.15) is 0 Å². The first-order valence-electron chi connectivity index (χ1n) is 5.94. The van der Waals surface area contributed by atoms with E-state index in [-0.39, 0.29) is 0 Å². The van der Waals surface area contributed by atoms with E-state index in [1.165, 1.54) is 0 Å². The van der Waals surface area contributed by atoms with Crippen LogP contribution in [-0.2, 0) is 6.54 Å². The minimum absolute atomic E-state index is 0.447. The molecule has 2 heterocycles. The summed E-state index contributed by atoms with van der Waals surface area (Å²) < 4.78 is 5.18. The Bertz CT molecular complexity index is 725. The quantitative estimate of drug-likeness (QED) is 0.794. The van der Waals surface area contributed by atoms with Crippen LogP contribution in [0.25, 0.3) is 11.4 Å². The van der Waals surface area contributed by atoms with Crippen molar-refractivity contribution < 1.29 is 4.52 Å². The molecule has 20 heavy (non-hydrogen) atoms. The van der Waals surface area contributed by atoms with Crippen LogP contribution in [0.5, 0.6) is 0 Å². The van der Waals surface area contributed by atoms with Crippen LogP contribution in [0.3, 0.4) is 0 Å². The monoisotopic (exact) mass is 282 g/mol. The maximum absolute atomic E-state index is 8.73. The van der Waals surface area contributed by atoms with Crippen molar-refractivity contribution in [2.75, 3.05) is 5.32 Å². The van der Waals surface area contributed by atoms with Gasteiger partial charge in [-0.15, -0.1) is 0 Å². The topological polar surface area (TPSA) is 74.7 Å². The third-order valence-electron chi connectivity index (χ3n) is 2.71. The van der Waals surface area contributed by atoms with E-state index in [9.17, 15) is 0 Å². The SMILES string of the molecule is N#Cc1ccc(NCc2nc(-c3ccsc3)no2)cc1. The van der Waals surface area contributed by atoms with Crippen molar-refractivity contribution in [2.45, 2.75) is 6.54 Å². The predicted octanol–water partition coefficient (Wildman–Crippen LogP) is 3.28. The minimum atomic E-state index is 0.447. The molecule has 0 radical (unpaired) electrons. The van der Waals surface area contributed by atoms with Crippen molar-refractivity contribution in [3.63, 3.8) is 0 Å². The van der Waals surface area contributed by atoms with Gasteiger partial charge in [-0.1, -0.05) is 5.16 Å². The van der Waals surface area contributed by atoms with Crippen LogP contribution in [0, 0.1) is 11.3 Å². The van der Waals surface area contributed by atoms with Gasteiger partial charge in [-0.2, -0.15) is 21.6 Å². The first kappa shape index (κ1) is 12.4. The predicted molar refractivity (Wildman–Crippen MR) is 76.1 cm³/mol. The van der Waals surface area contributed by atoms with Crippen LogP contribution in [0.1, 0.15) is 11.5 Å². The van der Waals surface area contributed by atoms with Gasteiger partial charge in [-0.05, 0) is 35.7 Å². The molecule has 0 spiro atoms. The van der Waals surface area contributed by atoms with Crippen molar-refractivity contribution in [1.82, 2.24) is 10.1 Å². The highest BCUT2D eigenvalue weighted by molar-refractivity contribution is 7.08. The number of thiophene rings is 1. The molecule has 1 N–H and O–H groups in total. The number of nitrogens with one attached hydrogen (secondary N) is 1. The highest BCUT2D eigenvalue weighted by Gasteiger charge is 2.08. The van der Waals surface area contributed by atoms with Crippen LogP contribution < -0.4 is 5.32 Å². The van der Waals surface area contributed by atoms with Gasteiger partial charge in [0.25, 0.3) is 0 Å². The zero-order chi connectivity index (χ0) is 13.8. The molecule has 0 bridgehead atoms. The van der Waals surface area contributed by atoms with Gasteiger partial charge in [0.2, 0.25) is 11.7 Å². The Balaban J connectivity index is 1.65. The Labute approximate surface area is 119 Å². The first-order valence-corrected chi connectivity index (χ1v) is 6.88. The first-order chi connectivity index (χ1) is 9.85. The van der Waals surface area contributed by atoms with E-state index < -0.39 is 0 Å². The fourth-order valence-corrected chi connectivity index (χ4v) is 2.31. The molecule has 0 fully saturated rings. The zero-order valence-electron chi connectivity index (χ0n) is 10.4. The molecule has 3 aromatic rings. The molecule has 6 heteroatoms. The highest BCUT2D eigenvalue weighted by Crippen LogP contribution is 2.19. The maximum atomic E-state index is 8.73. The molecule has 0 saturated carbocycles. The fourth-order valence-electron chi connectivity index (χ4n) is 1.68. The number of aromatic nitrogens is 2. The third kappa shape index (κ3) is 2.68. The molecule has 1 aromatic carbocycles. The van der Waals surface area contributed by atoms with Gasteiger partial charge in [-0.3, -0.25) is 0 Å². The Kier molecular flexibility index (Phi) is 3.44. The molecule has 3 rings (SSSR count). The van der Waals surface area contributed by atoms with Gasteiger partial charge in [0.15, 0.2) is 0 Å². The molecular weight excluding hydrogens is 272 g/mol. The lowest BCUT2D eigenvalue weighted by atomic mass is 10.2. The molecule has 0 aliphatic carbocycles. The van der Waals surface area contributed by atoms with Gasteiger partial charge >= 0.3 is 0 Å². The Hall–Kier alpha value is -2.65. The smallest absolute Gasteiger partial charge is 0.246 e. The lowest BCUT2D eigenvalue weighted by Gasteiger charge is -2.02. The molecular formula is C14H10N4OS. The standard InChI is InChI=1S/C14H10N4OS/c15-7-10-1-3-12(4-2-10)16-8-13-17-14(18-19-13)11-5-6-20-9-11/h1-6,9,16H,8H2. The molecule has 0 aliphatic heterocycles. The van der Waals surface area contributed by atoms with Crippen molar-refractivity contribution in [2.24, 2.45) is 0 Å². The van der Waals surface area contributed by atoms with Crippen LogP contribution in [0.15, 0.2) is 45.6 Å². The highest BCUT2D eigenvalue weighted by atomic mass is 32.1. The summed E-state index contributed by atoms with van der Waals surface area (Å²) in [4.78, 5) is 4.32. The lowest BCUT2D eigenvalue weighted by molar-refractivity contribution is 0.384. The van der Waals surface area contributed by atoms with E-state index in [0.29, 0.717) is 23.8 Å². The molecule has 98 valence electrons. The second kappa shape index (κ2) is 5.55. The summed E-state index contributed by atoms with van der Waals surface area (Å²) in [7, 11) is 0. The number of benzene rings is 1. The Morgan fingerprint density at radius 2 is 2.10 bits per heavy atom. The minimum Gasteiger partial charge on any atom is -0.376 e. The zero-order valence-corrected chi connectivity index (χ0v) is 11.2. The number of nitriles is 1. The summed E-state index contributed by atoms with van der Waals surface area (Å²) in [6, 6.07) is 11.2. The Morgan fingerprint density at radius 3 is 2.80 bits per heavy atom. The fraction of sp³-hybridized carbons (Fsp3) is 0.0714. The number of anilines is 1. The Morgan fingerprint density at radius 1 is 1.25 bits per heavy atom. The maximum Gasteiger partial charge on any atom is 0.246 e. The van der Waals surface area contributed by atoms with Gasteiger partial charge in [-0.25, -0.2) is 0 Å². The summed E-state index contributed by atoms with van der Waals surface area (Å²) in [5, 5.41) is 19.8. The molecule has 0 aliphatic rings. The number of hydrogen-bond acceptors (Lipinski definition) is 6. The van der Waals surface area contributed by atoms with Crippen LogP contribution >= 0.6 is 11.3 Å². The average molecular weight is 282 g/mol.